The zero-order valence-electron chi connectivity index (χ0n) is 9.22. The smallest absolute Gasteiger partial charge is 0.321 e. The fraction of sp³-hybridized carbons (Fsp3) is 0.556. The standard InChI is InChI=1S/C9H13NO5S/c1-5-8(6(2)15-10-5)4-16(13,14)7(3)9(11)12/h7H,4H2,1-3H3,(H,11,12). The first kappa shape index (κ1) is 12.7. The number of aryl methyl sites for hydroxylation is 2. The van der Waals surface area contributed by atoms with Crippen molar-refractivity contribution in [2.24, 2.45) is 0 Å². The molecule has 16 heavy (non-hydrogen) atoms. The molecule has 0 spiro atoms. The van der Waals surface area contributed by atoms with E-state index in [4.69, 9.17) is 9.63 Å². The number of hydrogen-bond donors (Lipinski definition) is 1. The number of carbonyl (C=O) groups is 1. The third kappa shape index (κ3) is 2.41. The minimum Gasteiger partial charge on any atom is -0.480 e. The van der Waals surface area contributed by atoms with Gasteiger partial charge in [-0.15, -0.1) is 0 Å². The van der Waals surface area contributed by atoms with Crippen molar-refractivity contribution in [3.8, 4) is 0 Å². The van der Waals surface area contributed by atoms with Crippen LogP contribution in [0.4, 0.5) is 0 Å². The van der Waals surface area contributed by atoms with Gasteiger partial charge in [0.1, 0.15) is 5.76 Å². The van der Waals surface area contributed by atoms with E-state index in [0.717, 1.165) is 6.92 Å². The highest BCUT2D eigenvalue weighted by Gasteiger charge is 2.29. The van der Waals surface area contributed by atoms with Gasteiger partial charge in [-0.05, 0) is 20.8 Å². The van der Waals surface area contributed by atoms with Crippen LogP contribution in [0.3, 0.4) is 0 Å². The zero-order chi connectivity index (χ0) is 12.5. The number of aromatic nitrogens is 1. The first-order valence-corrected chi connectivity index (χ1v) is 6.33. The van der Waals surface area contributed by atoms with Gasteiger partial charge in [-0.2, -0.15) is 0 Å². The summed E-state index contributed by atoms with van der Waals surface area (Å²) < 4.78 is 28.2. The summed E-state index contributed by atoms with van der Waals surface area (Å²) in [6, 6.07) is 0. The van der Waals surface area contributed by atoms with E-state index in [-0.39, 0.29) is 5.75 Å². The van der Waals surface area contributed by atoms with E-state index in [1.807, 2.05) is 0 Å². The molecule has 1 atom stereocenters. The summed E-state index contributed by atoms with van der Waals surface area (Å²) in [6.45, 7) is 4.36. The van der Waals surface area contributed by atoms with Crippen molar-refractivity contribution >= 4 is 15.8 Å². The van der Waals surface area contributed by atoms with Gasteiger partial charge in [0.05, 0.1) is 11.4 Å². The van der Waals surface area contributed by atoms with Gasteiger partial charge in [0, 0.05) is 5.56 Å². The Morgan fingerprint density at radius 3 is 2.44 bits per heavy atom. The van der Waals surface area contributed by atoms with Crippen molar-refractivity contribution in [1.29, 1.82) is 0 Å². The van der Waals surface area contributed by atoms with Crippen molar-refractivity contribution in [3.05, 3.63) is 17.0 Å². The Bertz CT molecular complexity index is 482. The Balaban J connectivity index is 3.02. The molecule has 0 amide bonds. The molecule has 0 bridgehead atoms. The Morgan fingerprint density at radius 1 is 1.50 bits per heavy atom. The van der Waals surface area contributed by atoms with Crippen LogP contribution in [0, 0.1) is 13.8 Å². The maximum Gasteiger partial charge on any atom is 0.321 e. The molecular weight excluding hydrogens is 234 g/mol. The average molecular weight is 247 g/mol. The highest BCUT2D eigenvalue weighted by molar-refractivity contribution is 7.92. The topological polar surface area (TPSA) is 97.5 Å². The first-order valence-electron chi connectivity index (χ1n) is 4.62. The second-order valence-electron chi connectivity index (χ2n) is 3.59. The summed E-state index contributed by atoms with van der Waals surface area (Å²) in [5.74, 6) is -1.31. The third-order valence-corrected chi connectivity index (χ3v) is 4.38. The van der Waals surface area contributed by atoms with E-state index in [1.54, 1.807) is 13.8 Å². The number of nitrogens with zero attached hydrogens (tertiary/aromatic N) is 1. The molecule has 0 aliphatic heterocycles. The molecule has 1 rings (SSSR count). The van der Waals surface area contributed by atoms with Crippen LogP contribution in [0.15, 0.2) is 4.52 Å². The molecule has 0 saturated heterocycles. The maximum absolute atomic E-state index is 11.7. The lowest BCUT2D eigenvalue weighted by Gasteiger charge is -2.07. The third-order valence-electron chi connectivity index (χ3n) is 2.41. The van der Waals surface area contributed by atoms with Crippen LogP contribution in [0.25, 0.3) is 0 Å². The summed E-state index contributed by atoms with van der Waals surface area (Å²) in [5, 5.41) is 10.9. The molecule has 1 heterocycles. The molecule has 90 valence electrons. The molecule has 1 aromatic heterocycles. The van der Waals surface area contributed by atoms with E-state index in [2.05, 4.69) is 5.16 Å². The van der Waals surface area contributed by atoms with Crippen LogP contribution in [-0.2, 0) is 20.4 Å². The summed E-state index contributed by atoms with van der Waals surface area (Å²) in [7, 11) is -3.73. The van der Waals surface area contributed by atoms with Crippen molar-refractivity contribution in [1.82, 2.24) is 5.16 Å². The highest BCUT2D eigenvalue weighted by atomic mass is 32.2. The van der Waals surface area contributed by atoms with E-state index in [9.17, 15) is 13.2 Å². The SMILES string of the molecule is Cc1noc(C)c1CS(=O)(=O)C(C)C(=O)O. The lowest BCUT2D eigenvalue weighted by molar-refractivity contribution is -0.136. The van der Waals surface area contributed by atoms with Crippen molar-refractivity contribution in [3.63, 3.8) is 0 Å². The second kappa shape index (κ2) is 4.25. The van der Waals surface area contributed by atoms with Crippen LogP contribution in [0.1, 0.15) is 23.9 Å². The summed E-state index contributed by atoms with van der Waals surface area (Å²) in [4.78, 5) is 10.6. The van der Waals surface area contributed by atoms with Crippen molar-refractivity contribution in [2.45, 2.75) is 31.8 Å². The minimum atomic E-state index is -3.73. The van der Waals surface area contributed by atoms with Crippen molar-refractivity contribution < 1.29 is 22.8 Å². The Labute approximate surface area is 93.2 Å². The summed E-state index contributed by atoms with van der Waals surface area (Å²) in [6.07, 6.45) is 0. The van der Waals surface area contributed by atoms with Crippen LogP contribution in [0.2, 0.25) is 0 Å². The monoisotopic (exact) mass is 247 g/mol. The Hall–Kier alpha value is -1.37. The number of aliphatic carboxylic acids is 1. The molecular formula is C9H13NO5S. The van der Waals surface area contributed by atoms with Gasteiger partial charge in [-0.1, -0.05) is 5.16 Å². The van der Waals surface area contributed by atoms with Gasteiger partial charge in [0.25, 0.3) is 0 Å². The summed E-state index contributed by atoms with van der Waals surface area (Å²) >= 11 is 0. The number of rotatable bonds is 4. The molecule has 1 N–H and O–H groups in total. The minimum absolute atomic E-state index is 0.359. The molecule has 0 aliphatic carbocycles. The number of carboxylic acids is 1. The molecule has 0 saturated carbocycles. The van der Waals surface area contributed by atoms with Gasteiger partial charge in [-0.25, -0.2) is 8.42 Å². The first-order chi connectivity index (χ1) is 7.25. The van der Waals surface area contributed by atoms with Gasteiger partial charge in [0.15, 0.2) is 15.1 Å². The molecule has 1 unspecified atom stereocenters. The molecule has 7 heteroatoms. The van der Waals surface area contributed by atoms with E-state index < -0.39 is 21.1 Å². The Kier molecular flexibility index (Phi) is 3.37. The molecule has 6 nitrogen and oxygen atoms in total. The van der Waals surface area contributed by atoms with Gasteiger partial charge in [-0.3, -0.25) is 4.79 Å². The molecule has 0 radical (unpaired) electrons. The molecule has 0 aliphatic rings. The fourth-order valence-corrected chi connectivity index (χ4v) is 2.56. The average Bonchev–Trinajstić information content (AvgIpc) is 2.47. The van der Waals surface area contributed by atoms with Gasteiger partial charge < -0.3 is 9.63 Å². The van der Waals surface area contributed by atoms with Crippen LogP contribution in [-0.4, -0.2) is 29.9 Å². The molecule has 1 aromatic rings. The van der Waals surface area contributed by atoms with E-state index >= 15 is 0 Å². The van der Waals surface area contributed by atoms with Crippen LogP contribution >= 0.6 is 0 Å². The normalized spacial score (nSPS) is 13.7. The van der Waals surface area contributed by atoms with Gasteiger partial charge in [0.2, 0.25) is 0 Å². The van der Waals surface area contributed by atoms with Crippen molar-refractivity contribution in [2.75, 3.05) is 0 Å². The second-order valence-corrected chi connectivity index (χ2v) is 5.91. The fourth-order valence-electron chi connectivity index (χ4n) is 1.19. The molecule has 0 fully saturated rings. The molecule has 0 aromatic carbocycles. The van der Waals surface area contributed by atoms with E-state index in [1.165, 1.54) is 0 Å². The van der Waals surface area contributed by atoms with Gasteiger partial charge >= 0.3 is 5.97 Å². The summed E-state index contributed by atoms with van der Waals surface area (Å²) in [5.41, 5.74) is 0.909. The number of carboxylic acid groups (broad SMARTS) is 1. The predicted octanol–water partition coefficient (Wildman–Crippen LogP) is 0.679. The highest BCUT2D eigenvalue weighted by Crippen LogP contribution is 2.18. The maximum atomic E-state index is 11.7. The van der Waals surface area contributed by atoms with E-state index in [0.29, 0.717) is 17.0 Å². The number of sulfone groups is 1. The Morgan fingerprint density at radius 2 is 2.06 bits per heavy atom. The predicted molar refractivity (Wildman–Crippen MR) is 55.7 cm³/mol. The zero-order valence-corrected chi connectivity index (χ0v) is 10.0. The number of hydrogen-bond acceptors (Lipinski definition) is 5. The lowest BCUT2D eigenvalue weighted by atomic mass is 10.2. The van der Waals surface area contributed by atoms with Crippen LogP contribution < -0.4 is 0 Å². The largest absolute Gasteiger partial charge is 0.480 e. The lowest BCUT2D eigenvalue weighted by Crippen LogP contribution is -2.28. The quantitative estimate of drug-likeness (QED) is 0.840. The van der Waals surface area contributed by atoms with Crippen LogP contribution in [0.5, 0.6) is 0 Å².